The van der Waals surface area contributed by atoms with Crippen molar-refractivity contribution >= 4 is 0 Å². The lowest BCUT2D eigenvalue weighted by Crippen LogP contribution is -2.10. The fourth-order valence-electron chi connectivity index (χ4n) is 1.37. The van der Waals surface area contributed by atoms with Crippen LogP contribution in [0.15, 0.2) is 18.3 Å². The fourth-order valence-corrected chi connectivity index (χ4v) is 1.37. The average Bonchev–Trinajstić information content (AvgIpc) is 2.38. The SMILES string of the molecule is COCCCOCCOc1ccc([C@H](C)N)nc1. The Hall–Kier alpha value is -1.17. The first-order valence-electron chi connectivity index (χ1n) is 6.15. The highest BCUT2D eigenvalue weighted by Crippen LogP contribution is 2.12. The van der Waals surface area contributed by atoms with Crippen LogP contribution in [0, 0.1) is 0 Å². The molecule has 5 nitrogen and oxygen atoms in total. The van der Waals surface area contributed by atoms with Crippen molar-refractivity contribution in [3.05, 3.63) is 24.0 Å². The lowest BCUT2D eigenvalue weighted by Gasteiger charge is -2.08. The number of rotatable bonds is 9. The molecule has 102 valence electrons. The van der Waals surface area contributed by atoms with Crippen LogP contribution in [0.2, 0.25) is 0 Å². The zero-order valence-corrected chi connectivity index (χ0v) is 11.1. The van der Waals surface area contributed by atoms with E-state index in [-0.39, 0.29) is 6.04 Å². The van der Waals surface area contributed by atoms with Crippen LogP contribution in [-0.4, -0.2) is 38.5 Å². The molecule has 2 N–H and O–H groups in total. The van der Waals surface area contributed by atoms with Gasteiger partial charge in [0.25, 0.3) is 0 Å². The van der Waals surface area contributed by atoms with Crippen molar-refractivity contribution in [2.75, 3.05) is 33.5 Å². The van der Waals surface area contributed by atoms with E-state index in [1.54, 1.807) is 13.3 Å². The highest BCUT2D eigenvalue weighted by molar-refractivity contribution is 5.21. The van der Waals surface area contributed by atoms with Crippen LogP contribution in [-0.2, 0) is 9.47 Å². The molecule has 0 aromatic carbocycles. The molecule has 0 unspecified atom stereocenters. The molecule has 1 aromatic rings. The largest absolute Gasteiger partial charge is 0.490 e. The Balaban J connectivity index is 2.12. The smallest absolute Gasteiger partial charge is 0.137 e. The highest BCUT2D eigenvalue weighted by atomic mass is 16.5. The highest BCUT2D eigenvalue weighted by Gasteiger charge is 2.01. The minimum absolute atomic E-state index is 0.0526. The van der Waals surface area contributed by atoms with E-state index in [4.69, 9.17) is 19.9 Å². The lowest BCUT2D eigenvalue weighted by molar-refractivity contribution is 0.0805. The molecule has 5 heteroatoms. The van der Waals surface area contributed by atoms with Gasteiger partial charge in [-0.2, -0.15) is 0 Å². The van der Waals surface area contributed by atoms with Gasteiger partial charge in [-0.3, -0.25) is 4.98 Å². The van der Waals surface area contributed by atoms with Gasteiger partial charge in [-0.1, -0.05) is 0 Å². The summed E-state index contributed by atoms with van der Waals surface area (Å²) in [6.45, 7) is 4.41. The Morgan fingerprint density at radius 3 is 2.67 bits per heavy atom. The summed E-state index contributed by atoms with van der Waals surface area (Å²) in [6.07, 6.45) is 2.59. The maximum atomic E-state index is 5.71. The van der Waals surface area contributed by atoms with Gasteiger partial charge in [-0.05, 0) is 25.5 Å². The van der Waals surface area contributed by atoms with Crippen LogP contribution in [0.4, 0.5) is 0 Å². The van der Waals surface area contributed by atoms with E-state index in [1.165, 1.54) is 0 Å². The predicted octanol–water partition coefficient (Wildman–Crippen LogP) is 1.53. The number of nitrogens with two attached hydrogens (primary N) is 1. The van der Waals surface area contributed by atoms with Gasteiger partial charge in [0.15, 0.2) is 0 Å². The lowest BCUT2D eigenvalue weighted by atomic mass is 10.2. The molecule has 1 atom stereocenters. The van der Waals surface area contributed by atoms with Crippen molar-refractivity contribution in [1.82, 2.24) is 4.98 Å². The second-order valence-electron chi connectivity index (χ2n) is 4.01. The molecular weight excluding hydrogens is 232 g/mol. The van der Waals surface area contributed by atoms with Crippen molar-refractivity contribution in [3.63, 3.8) is 0 Å². The van der Waals surface area contributed by atoms with E-state index < -0.39 is 0 Å². The molecule has 0 aliphatic heterocycles. The number of hydrogen-bond acceptors (Lipinski definition) is 5. The predicted molar refractivity (Wildman–Crippen MR) is 69.6 cm³/mol. The van der Waals surface area contributed by atoms with E-state index in [1.807, 2.05) is 19.1 Å². The molecule has 18 heavy (non-hydrogen) atoms. The summed E-state index contributed by atoms with van der Waals surface area (Å²) in [4.78, 5) is 4.21. The Morgan fingerprint density at radius 1 is 1.22 bits per heavy atom. The molecule has 0 saturated carbocycles. The van der Waals surface area contributed by atoms with Crippen LogP contribution in [0.5, 0.6) is 5.75 Å². The molecule has 0 amide bonds. The molecule has 0 fully saturated rings. The van der Waals surface area contributed by atoms with Gasteiger partial charge < -0.3 is 19.9 Å². The maximum absolute atomic E-state index is 5.71. The summed E-state index contributed by atoms with van der Waals surface area (Å²) in [5, 5.41) is 0. The van der Waals surface area contributed by atoms with Gasteiger partial charge in [0.05, 0.1) is 18.5 Å². The monoisotopic (exact) mass is 254 g/mol. The minimum Gasteiger partial charge on any atom is -0.490 e. The Morgan fingerprint density at radius 2 is 2.06 bits per heavy atom. The van der Waals surface area contributed by atoms with Gasteiger partial charge in [-0.25, -0.2) is 0 Å². The number of nitrogens with zero attached hydrogens (tertiary/aromatic N) is 1. The van der Waals surface area contributed by atoms with Crippen molar-refractivity contribution in [2.45, 2.75) is 19.4 Å². The van der Waals surface area contributed by atoms with E-state index in [2.05, 4.69) is 4.98 Å². The van der Waals surface area contributed by atoms with E-state index in [0.29, 0.717) is 19.8 Å². The molecule has 0 bridgehead atoms. The molecule has 0 aliphatic carbocycles. The third kappa shape index (κ3) is 5.95. The van der Waals surface area contributed by atoms with Crippen LogP contribution in [0.25, 0.3) is 0 Å². The third-order valence-electron chi connectivity index (χ3n) is 2.36. The van der Waals surface area contributed by atoms with Gasteiger partial charge >= 0.3 is 0 Å². The Kier molecular flexibility index (Phi) is 7.32. The molecule has 1 rings (SSSR count). The van der Waals surface area contributed by atoms with Gasteiger partial charge in [0, 0.05) is 26.4 Å². The minimum atomic E-state index is -0.0526. The zero-order chi connectivity index (χ0) is 13.2. The molecule has 1 aromatic heterocycles. The number of hydrogen-bond donors (Lipinski definition) is 1. The summed E-state index contributed by atoms with van der Waals surface area (Å²) in [5.74, 6) is 0.736. The molecule has 0 saturated heterocycles. The van der Waals surface area contributed by atoms with Crippen LogP contribution >= 0.6 is 0 Å². The van der Waals surface area contributed by atoms with Crippen LogP contribution in [0.3, 0.4) is 0 Å². The summed E-state index contributed by atoms with van der Waals surface area (Å²) >= 11 is 0. The fraction of sp³-hybridized carbons (Fsp3) is 0.615. The van der Waals surface area contributed by atoms with Crippen molar-refractivity contribution in [2.24, 2.45) is 5.73 Å². The maximum Gasteiger partial charge on any atom is 0.137 e. The average molecular weight is 254 g/mol. The second-order valence-corrected chi connectivity index (χ2v) is 4.01. The molecule has 0 spiro atoms. The zero-order valence-electron chi connectivity index (χ0n) is 11.1. The third-order valence-corrected chi connectivity index (χ3v) is 2.36. The molecule has 1 heterocycles. The van der Waals surface area contributed by atoms with Crippen molar-refractivity contribution in [1.29, 1.82) is 0 Å². The Labute approximate surface area is 108 Å². The molecule has 0 aliphatic rings. The first-order valence-corrected chi connectivity index (χ1v) is 6.15. The quantitative estimate of drug-likeness (QED) is 0.677. The van der Waals surface area contributed by atoms with E-state index in [9.17, 15) is 0 Å². The standard InChI is InChI=1S/C13H22N2O3/c1-11(14)13-5-4-12(10-15-13)18-9-8-17-7-3-6-16-2/h4-5,10-11H,3,6-9,14H2,1-2H3/t11-/m0/s1. The van der Waals surface area contributed by atoms with Crippen LogP contribution in [0.1, 0.15) is 25.1 Å². The molecular formula is C13H22N2O3. The van der Waals surface area contributed by atoms with Crippen molar-refractivity contribution < 1.29 is 14.2 Å². The topological polar surface area (TPSA) is 66.6 Å². The van der Waals surface area contributed by atoms with Gasteiger partial charge in [-0.15, -0.1) is 0 Å². The number of ether oxygens (including phenoxy) is 3. The summed E-state index contributed by atoms with van der Waals surface area (Å²) < 4.78 is 15.8. The van der Waals surface area contributed by atoms with Gasteiger partial charge in [0.1, 0.15) is 12.4 Å². The first-order chi connectivity index (χ1) is 8.74. The summed E-state index contributed by atoms with van der Waals surface area (Å²) in [7, 11) is 1.68. The summed E-state index contributed by atoms with van der Waals surface area (Å²) in [5.41, 5.74) is 6.57. The second kappa shape index (κ2) is 8.85. The number of methoxy groups -OCH3 is 1. The Bertz CT molecular complexity index is 315. The normalized spacial score (nSPS) is 12.4. The molecule has 0 radical (unpaired) electrons. The summed E-state index contributed by atoms with van der Waals surface area (Å²) in [6, 6.07) is 3.69. The van der Waals surface area contributed by atoms with E-state index >= 15 is 0 Å². The number of pyridine rings is 1. The number of aromatic nitrogens is 1. The van der Waals surface area contributed by atoms with E-state index in [0.717, 1.165) is 24.5 Å². The van der Waals surface area contributed by atoms with Crippen LogP contribution < -0.4 is 10.5 Å². The van der Waals surface area contributed by atoms with Crippen molar-refractivity contribution in [3.8, 4) is 5.75 Å². The first kappa shape index (κ1) is 14.9. The van der Waals surface area contributed by atoms with Gasteiger partial charge in [0.2, 0.25) is 0 Å².